The molecule has 2 unspecified atom stereocenters. The van der Waals surface area contributed by atoms with Crippen molar-refractivity contribution in [2.24, 2.45) is 21.8 Å². The molecule has 19 heavy (non-hydrogen) atoms. The summed E-state index contributed by atoms with van der Waals surface area (Å²) in [5, 5.41) is 0. The molecule has 0 aromatic heterocycles. The standard InChI is InChI=1S/C15H26N2O2/c1-4-7-9-14(13(6-3)8-5-2)10-15(16-11-18)17-12-19/h13-15H,4-10H2,1-3H3. The summed E-state index contributed by atoms with van der Waals surface area (Å²) in [5.74, 6) is 1.08. The Labute approximate surface area is 116 Å². The lowest BCUT2D eigenvalue weighted by Gasteiger charge is -2.26. The predicted molar refractivity (Wildman–Crippen MR) is 76.4 cm³/mol. The van der Waals surface area contributed by atoms with E-state index in [4.69, 9.17) is 0 Å². The molecule has 0 aliphatic rings. The molecule has 0 rings (SSSR count). The number of aliphatic imine (C=N–C) groups is 2. The van der Waals surface area contributed by atoms with E-state index in [2.05, 4.69) is 30.8 Å². The van der Waals surface area contributed by atoms with Crippen LogP contribution in [0.5, 0.6) is 0 Å². The van der Waals surface area contributed by atoms with Gasteiger partial charge in [0, 0.05) is 0 Å². The first-order valence-electron chi connectivity index (χ1n) is 7.37. The molecule has 0 aromatic rings. The van der Waals surface area contributed by atoms with E-state index in [9.17, 15) is 9.59 Å². The van der Waals surface area contributed by atoms with Crippen LogP contribution >= 0.6 is 0 Å². The fourth-order valence-corrected chi connectivity index (χ4v) is 2.68. The van der Waals surface area contributed by atoms with Crippen molar-refractivity contribution in [3.8, 4) is 0 Å². The highest BCUT2D eigenvalue weighted by atomic mass is 16.1. The van der Waals surface area contributed by atoms with Crippen LogP contribution in [-0.2, 0) is 9.59 Å². The van der Waals surface area contributed by atoms with E-state index in [1.807, 2.05) is 0 Å². The minimum absolute atomic E-state index is 0.462. The van der Waals surface area contributed by atoms with Gasteiger partial charge in [0.15, 0.2) is 6.17 Å². The molecule has 0 aliphatic carbocycles. The van der Waals surface area contributed by atoms with E-state index < -0.39 is 6.17 Å². The highest BCUT2D eigenvalue weighted by molar-refractivity contribution is 5.36. The number of carbonyl (C=O) groups excluding carboxylic acids is 2. The molecule has 0 spiro atoms. The molecule has 4 heteroatoms. The lowest BCUT2D eigenvalue weighted by atomic mass is 9.80. The molecule has 0 heterocycles. The number of nitrogens with zero attached hydrogens (tertiary/aromatic N) is 2. The molecule has 0 radical (unpaired) electrons. The quantitative estimate of drug-likeness (QED) is 0.419. The van der Waals surface area contributed by atoms with Crippen LogP contribution in [0, 0.1) is 11.8 Å². The summed E-state index contributed by atoms with van der Waals surface area (Å²) in [7, 11) is 0. The van der Waals surface area contributed by atoms with Crippen LogP contribution in [-0.4, -0.2) is 18.3 Å². The summed E-state index contributed by atoms with van der Waals surface area (Å²) in [6.07, 6.45) is 9.93. The Morgan fingerprint density at radius 3 is 1.95 bits per heavy atom. The summed E-state index contributed by atoms with van der Waals surface area (Å²) < 4.78 is 0. The van der Waals surface area contributed by atoms with E-state index in [0.717, 1.165) is 32.1 Å². The Kier molecular flexibility index (Phi) is 11.1. The second-order valence-corrected chi connectivity index (χ2v) is 5.02. The fourth-order valence-electron chi connectivity index (χ4n) is 2.68. The van der Waals surface area contributed by atoms with Gasteiger partial charge in [0.05, 0.1) is 0 Å². The summed E-state index contributed by atoms with van der Waals surface area (Å²) >= 11 is 0. The molecular formula is C15H26N2O2. The van der Waals surface area contributed by atoms with Crippen molar-refractivity contribution >= 4 is 12.2 Å². The van der Waals surface area contributed by atoms with Crippen molar-refractivity contribution in [2.75, 3.05) is 0 Å². The minimum atomic E-state index is -0.595. The van der Waals surface area contributed by atoms with Gasteiger partial charge >= 0.3 is 0 Å². The molecule has 108 valence electrons. The third-order valence-electron chi connectivity index (χ3n) is 3.70. The van der Waals surface area contributed by atoms with Crippen molar-refractivity contribution < 1.29 is 9.59 Å². The highest BCUT2D eigenvalue weighted by Crippen LogP contribution is 2.30. The maximum atomic E-state index is 10.4. The SMILES string of the molecule is CCCCC(CC(N=C=O)N=C=O)C(CC)CCC. The first kappa shape index (κ1) is 17.8. The van der Waals surface area contributed by atoms with Gasteiger partial charge in [0.2, 0.25) is 12.2 Å². The first-order chi connectivity index (χ1) is 9.23. The van der Waals surface area contributed by atoms with Crippen LogP contribution in [0.1, 0.15) is 65.7 Å². The fraction of sp³-hybridized carbons (Fsp3) is 0.867. The molecule has 0 aromatic carbocycles. The molecule has 0 N–H and O–H groups in total. The summed E-state index contributed by atoms with van der Waals surface area (Å²) in [6.45, 7) is 6.55. The lowest BCUT2D eigenvalue weighted by Crippen LogP contribution is -2.19. The second-order valence-electron chi connectivity index (χ2n) is 5.02. The van der Waals surface area contributed by atoms with E-state index in [0.29, 0.717) is 18.3 Å². The average molecular weight is 266 g/mol. The monoisotopic (exact) mass is 266 g/mol. The zero-order valence-corrected chi connectivity index (χ0v) is 12.4. The number of unbranched alkanes of at least 4 members (excludes halogenated alkanes) is 1. The Morgan fingerprint density at radius 1 is 0.895 bits per heavy atom. The van der Waals surface area contributed by atoms with Crippen molar-refractivity contribution in [3.05, 3.63) is 0 Å². The van der Waals surface area contributed by atoms with Gasteiger partial charge in [-0.2, -0.15) is 9.98 Å². The Balaban J connectivity index is 4.78. The topological polar surface area (TPSA) is 58.9 Å². The predicted octanol–water partition coefficient (Wildman–Crippen LogP) is 4.01. The molecule has 0 bridgehead atoms. The van der Waals surface area contributed by atoms with Gasteiger partial charge in [-0.3, -0.25) is 0 Å². The van der Waals surface area contributed by atoms with E-state index in [-0.39, 0.29) is 0 Å². The smallest absolute Gasteiger partial charge is 0.211 e. The average Bonchev–Trinajstić information content (AvgIpc) is 2.41. The minimum Gasteiger partial charge on any atom is -0.211 e. The summed E-state index contributed by atoms with van der Waals surface area (Å²) in [4.78, 5) is 27.9. The Hall–Kier alpha value is -1.24. The maximum absolute atomic E-state index is 10.4. The first-order valence-corrected chi connectivity index (χ1v) is 7.37. The van der Waals surface area contributed by atoms with Gasteiger partial charge in [0.1, 0.15) is 0 Å². The molecule has 0 amide bonds. The number of hydrogen-bond acceptors (Lipinski definition) is 4. The van der Waals surface area contributed by atoms with Crippen molar-refractivity contribution in [1.29, 1.82) is 0 Å². The van der Waals surface area contributed by atoms with Crippen LogP contribution < -0.4 is 0 Å². The molecule has 2 atom stereocenters. The molecule has 0 saturated heterocycles. The third kappa shape index (κ3) is 7.71. The zero-order valence-electron chi connectivity index (χ0n) is 12.4. The van der Waals surface area contributed by atoms with Gasteiger partial charge in [-0.1, -0.05) is 59.3 Å². The van der Waals surface area contributed by atoms with Gasteiger partial charge < -0.3 is 0 Å². The van der Waals surface area contributed by atoms with Gasteiger partial charge in [-0.15, -0.1) is 0 Å². The van der Waals surface area contributed by atoms with Crippen molar-refractivity contribution in [1.82, 2.24) is 0 Å². The Morgan fingerprint density at radius 2 is 1.53 bits per heavy atom. The summed E-state index contributed by atoms with van der Waals surface area (Å²) in [5.41, 5.74) is 0. The molecule has 0 saturated carbocycles. The number of rotatable bonds is 11. The van der Waals surface area contributed by atoms with E-state index in [1.165, 1.54) is 18.6 Å². The van der Waals surface area contributed by atoms with Gasteiger partial charge in [-0.25, -0.2) is 9.59 Å². The van der Waals surface area contributed by atoms with Crippen molar-refractivity contribution in [2.45, 2.75) is 71.9 Å². The van der Waals surface area contributed by atoms with Crippen LogP contribution in [0.2, 0.25) is 0 Å². The zero-order chi connectivity index (χ0) is 14.5. The molecule has 4 nitrogen and oxygen atoms in total. The molecule has 0 aliphatic heterocycles. The molecule has 0 fully saturated rings. The lowest BCUT2D eigenvalue weighted by molar-refractivity contribution is 0.249. The third-order valence-corrected chi connectivity index (χ3v) is 3.70. The second kappa shape index (κ2) is 11.8. The molecular weight excluding hydrogens is 240 g/mol. The largest absolute Gasteiger partial charge is 0.237 e. The maximum Gasteiger partial charge on any atom is 0.237 e. The highest BCUT2D eigenvalue weighted by Gasteiger charge is 2.22. The van der Waals surface area contributed by atoms with Crippen LogP contribution in [0.15, 0.2) is 9.98 Å². The van der Waals surface area contributed by atoms with Crippen LogP contribution in [0.3, 0.4) is 0 Å². The van der Waals surface area contributed by atoms with Gasteiger partial charge in [0.25, 0.3) is 0 Å². The van der Waals surface area contributed by atoms with E-state index >= 15 is 0 Å². The number of isocyanates is 2. The Bertz CT molecular complexity index is 300. The normalized spacial score (nSPS) is 14.9. The number of hydrogen-bond donors (Lipinski definition) is 0. The van der Waals surface area contributed by atoms with Crippen LogP contribution in [0.4, 0.5) is 0 Å². The van der Waals surface area contributed by atoms with Crippen LogP contribution in [0.25, 0.3) is 0 Å². The summed E-state index contributed by atoms with van der Waals surface area (Å²) in [6, 6.07) is 0. The van der Waals surface area contributed by atoms with Gasteiger partial charge in [-0.05, 0) is 18.3 Å². The van der Waals surface area contributed by atoms with E-state index in [1.54, 1.807) is 0 Å². The van der Waals surface area contributed by atoms with Crippen molar-refractivity contribution in [3.63, 3.8) is 0 Å².